The quantitative estimate of drug-likeness (QED) is 0.343. The lowest BCUT2D eigenvalue weighted by Gasteiger charge is -2.43. The highest BCUT2D eigenvalue weighted by Crippen LogP contribution is 2.65. The van der Waals surface area contributed by atoms with Gasteiger partial charge in [-0.1, -0.05) is 54.6 Å². The molecule has 7 rings (SSSR count). The Bertz CT molecular complexity index is 1600. The number of para-hydroxylation sites is 3. The molecule has 3 aliphatic heterocycles. The summed E-state index contributed by atoms with van der Waals surface area (Å²) in [6, 6.07) is 22.8. The number of anilines is 1. The van der Waals surface area contributed by atoms with Crippen LogP contribution < -0.4 is 10.1 Å². The van der Waals surface area contributed by atoms with Gasteiger partial charge in [0.1, 0.15) is 11.3 Å². The normalized spacial score (nSPS) is 28.4. The molecular formula is C28H24N4O4. The van der Waals surface area contributed by atoms with E-state index in [0.717, 1.165) is 22.0 Å². The fourth-order valence-electron chi connectivity index (χ4n) is 7.07. The molecule has 1 N–H and O–H groups in total. The third-order valence-electron chi connectivity index (χ3n) is 8.42. The van der Waals surface area contributed by atoms with Crippen LogP contribution in [0.15, 0.2) is 79.0 Å². The number of amides is 1. The van der Waals surface area contributed by atoms with Crippen molar-refractivity contribution in [1.82, 2.24) is 9.47 Å². The summed E-state index contributed by atoms with van der Waals surface area (Å²) < 4.78 is 8.55. The summed E-state index contributed by atoms with van der Waals surface area (Å²) in [5.74, 6) is -0.444. The zero-order valence-corrected chi connectivity index (χ0v) is 19.8. The molecule has 1 spiro atoms. The van der Waals surface area contributed by atoms with Crippen molar-refractivity contribution >= 4 is 22.5 Å². The summed E-state index contributed by atoms with van der Waals surface area (Å²) in [7, 11) is 3.75. The number of fused-ring (bicyclic) bond motifs is 7. The number of benzene rings is 3. The summed E-state index contributed by atoms with van der Waals surface area (Å²) >= 11 is 0. The van der Waals surface area contributed by atoms with E-state index in [9.17, 15) is 14.9 Å². The van der Waals surface area contributed by atoms with Gasteiger partial charge in [0, 0.05) is 51.4 Å². The van der Waals surface area contributed by atoms with E-state index in [2.05, 4.69) is 5.32 Å². The van der Waals surface area contributed by atoms with Crippen molar-refractivity contribution in [3.05, 3.63) is 106 Å². The number of nitrogens with one attached hydrogen (secondary N) is 1. The molecule has 4 atom stereocenters. The van der Waals surface area contributed by atoms with Gasteiger partial charge in [-0.3, -0.25) is 19.8 Å². The number of likely N-dealkylation sites (tertiary alicyclic amines) is 1. The molecule has 0 bridgehead atoms. The zero-order chi connectivity index (χ0) is 24.8. The first-order valence-electron chi connectivity index (χ1n) is 12.0. The first-order valence-corrected chi connectivity index (χ1v) is 12.0. The lowest BCUT2D eigenvalue weighted by Crippen LogP contribution is -2.57. The van der Waals surface area contributed by atoms with E-state index in [1.807, 2.05) is 103 Å². The van der Waals surface area contributed by atoms with Gasteiger partial charge in [0.2, 0.25) is 0 Å². The molecule has 3 aromatic carbocycles. The van der Waals surface area contributed by atoms with Crippen LogP contribution in [0.1, 0.15) is 28.7 Å². The summed E-state index contributed by atoms with van der Waals surface area (Å²) in [6.45, 7) is 0.0502. The van der Waals surface area contributed by atoms with Crippen LogP contribution >= 0.6 is 0 Å². The van der Waals surface area contributed by atoms with E-state index in [1.54, 1.807) is 0 Å². The summed E-state index contributed by atoms with van der Waals surface area (Å²) in [6.07, 6.45) is 1.03. The van der Waals surface area contributed by atoms with Crippen molar-refractivity contribution in [1.29, 1.82) is 0 Å². The fourth-order valence-corrected chi connectivity index (χ4v) is 7.07. The standard InChI is InChI=1S/C28H24N4O4/c1-30-15-19(17-9-3-7-13-22(17)30)25-27(32(34)35)16-31(2)28(20-11-5-6-12-21(20)29-26(28)33)24(27)18-10-4-8-14-23(18)36-25/h3-15,24-25H,16H2,1-2H3,(H,29,33)/t24-,25+,27+,28+/m0/s1. The lowest BCUT2D eigenvalue weighted by atomic mass is 9.64. The molecule has 0 aliphatic carbocycles. The van der Waals surface area contributed by atoms with Crippen LogP contribution in [-0.2, 0) is 17.4 Å². The molecule has 8 nitrogen and oxygen atoms in total. The minimum absolute atomic E-state index is 0.0502. The molecule has 8 heteroatoms. The summed E-state index contributed by atoms with van der Waals surface area (Å²) in [5.41, 5.74) is 1.01. The lowest BCUT2D eigenvalue weighted by molar-refractivity contribution is -0.584. The third-order valence-corrected chi connectivity index (χ3v) is 8.42. The monoisotopic (exact) mass is 480 g/mol. The first kappa shape index (κ1) is 21.1. The number of carbonyl (C=O) groups excluding carboxylic acids is 1. The van der Waals surface area contributed by atoms with Crippen LogP contribution in [0, 0.1) is 10.1 Å². The molecule has 0 unspecified atom stereocenters. The Labute approximate surface area is 207 Å². The predicted molar refractivity (Wildman–Crippen MR) is 135 cm³/mol. The largest absolute Gasteiger partial charge is 0.478 e. The number of nitro groups is 1. The highest BCUT2D eigenvalue weighted by Gasteiger charge is 2.78. The van der Waals surface area contributed by atoms with E-state index in [4.69, 9.17) is 4.74 Å². The Morgan fingerprint density at radius 3 is 2.56 bits per heavy atom. The van der Waals surface area contributed by atoms with E-state index in [0.29, 0.717) is 17.0 Å². The highest BCUT2D eigenvalue weighted by molar-refractivity contribution is 6.07. The number of hydrogen-bond donors (Lipinski definition) is 1. The number of likely N-dealkylation sites (N-methyl/N-ethyl adjacent to an activating group) is 1. The Morgan fingerprint density at radius 2 is 1.72 bits per heavy atom. The van der Waals surface area contributed by atoms with Gasteiger partial charge in [0.05, 0.1) is 12.5 Å². The molecule has 0 radical (unpaired) electrons. The Hall–Kier alpha value is -4.17. The van der Waals surface area contributed by atoms with Crippen LogP contribution in [0.4, 0.5) is 5.69 Å². The Kier molecular flexibility index (Phi) is 4.08. The third kappa shape index (κ3) is 2.30. The molecule has 0 saturated carbocycles. The second-order valence-electron chi connectivity index (χ2n) is 10.1. The van der Waals surface area contributed by atoms with Gasteiger partial charge in [0.25, 0.3) is 11.4 Å². The molecule has 1 fully saturated rings. The van der Waals surface area contributed by atoms with Gasteiger partial charge in [-0.15, -0.1) is 0 Å². The molecule has 1 aromatic heterocycles. The van der Waals surface area contributed by atoms with Gasteiger partial charge < -0.3 is 14.6 Å². The number of nitrogens with zero attached hydrogens (tertiary/aromatic N) is 3. The van der Waals surface area contributed by atoms with Crippen molar-refractivity contribution < 1.29 is 14.5 Å². The van der Waals surface area contributed by atoms with Crippen LogP contribution in [0.25, 0.3) is 10.9 Å². The Balaban J connectivity index is 1.58. The molecule has 36 heavy (non-hydrogen) atoms. The molecular weight excluding hydrogens is 456 g/mol. The minimum atomic E-state index is -1.61. The Morgan fingerprint density at radius 1 is 1.00 bits per heavy atom. The van der Waals surface area contributed by atoms with Crippen molar-refractivity contribution in [3.63, 3.8) is 0 Å². The van der Waals surface area contributed by atoms with Crippen molar-refractivity contribution in [2.45, 2.75) is 23.1 Å². The topological polar surface area (TPSA) is 89.6 Å². The van der Waals surface area contributed by atoms with E-state index >= 15 is 0 Å². The van der Waals surface area contributed by atoms with Crippen LogP contribution in [0.2, 0.25) is 0 Å². The first-order chi connectivity index (χ1) is 17.4. The highest BCUT2D eigenvalue weighted by atomic mass is 16.6. The number of ether oxygens (including phenoxy) is 1. The average Bonchev–Trinajstić information content (AvgIpc) is 3.48. The maximum absolute atomic E-state index is 13.9. The van der Waals surface area contributed by atoms with Crippen LogP contribution in [0.5, 0.6) is 5.75 Å². The van der Waals surface area contributed by atoms with E-state index in [1.165, 1.54) is 0 Å². The molecule has 1 saturated heterocycles. The maximum Gasteiger partial charge on any atom is 0.284 e. The number of rotatable bonds is 2. The zero-order valence-electron chi connectivity index (χ0n) is 19.8. The molecule has 4 aromatic rings. The van der Waals surface area contributed by atoms with Crippen molar-refractivity contribution in [3.8, 4) is 5.75 Å². The van der Waals surface area contributed by atoms with Gasteiger partial charge in [0.15, 0.2) is 6.10 Å². The van der Waals surface area contributed by atoms with Crippen molar-refractivity contribution in [2.24, 2.45) is 7.05 Å². The number of carbonyl (C=O) groups is 1. The molecule has 4 heterocycles. The number of aryl methyl sites for hydroxylation is 1. The molecule has 3 aliphatic rings. The maximum atomic E-state index is 13.9. The van der Waals surface area contributed by atoms with E-state index in [-0.39, 0.29) is 17.4 Å². The van der Waals surface area contributed by atoms with Crippen LogP contribution in [-0.4, -0.2) is 39.4 Å². The predicted octanol–water partition coefficient (Wildman–Crippen LogP) is 4.20. The smallest absolute Gasteiger partial charge is 0.284 e. The fraction of sp³-hybridized carbons (Fsp3) is 0.250. The van der Waals surface area contributed by atoms with E-state index < -0.39 is 23.1 Å². The minimum Gasteiger partial charge on any atom is -0.478 e. The number of aromatic nitrogens is 1. The van der Waals surface area contributed by atoms with Gasteiger partial charge in [-0.05, 0) is 25.2 Å². The van der Waals surface area contributed by atoms with Gasteiger partial charge in [-0.25, -0.2) is 0 Å². The SMILES string of the molecule is CN1C[C@]2([N+](=O)[O-])[C@@H](c3cn(C)c4ccccc34)Oc3ccccc3[C@@H]2[C@]12C(=O)Nc1ccccc12. The average molecular weight is 481 g/mol. The second kappa shape index (κ2) is 6.95. The summed E-state index contributed by atoms with van der Waals surface area (Å²) in [4.78, 5) is 29.0. The summed E-state index contributed by atoms with van der Waals surface area (Å²) in [5, 5.41) is 17.3. The number of hydrogen-bond acceptors (Lipinski definition) is 5. The second-order valence-corrected chi connectivity index (χ2v) is 10.1. The van der Waals surface area contributed by atoms with Gasteiger partial charge >= 0.3 is 0 Å². The molecule has 1 amide bonds. The van der Waals surface area contributed by atoms with Gasteiger partial charge in [-0.2, -0.15) is 0 Å². The van der Waals surface area contributed by atoms with Crippen molar-refractivity contribution in [2.75, 3.05) is 18.9 Å². The molecule has 180 valence electrons. The van der Waals surface area contributed by atoms with Crippen LogP contribution in [0.3, 0.4) is 0 Å².